The van der Waals surface area contributed by atoms with E-state index in [4.69, 9.17) is 44.3 Å². The average molecular weight is 457 g/mol. The Morgan fingerprint density at radius 2 is 1.90 bits per heavy atom. The molecule has 1 atom stereocenters. The summed E-state index contributed by atoms with van der Waals surface area (Å²) in [6, 6.07) is 8.97. The van der Waals surface area contributed by atoms with E-state index in [-0.39, 0.29) is 18.6 Å². The summed E-state index contributed by atoms with van der Waals surface area (Å²) in [7, 11) is 0. The van der Waals surface area contributed by atoms with Gasteiger partial charge in [-0.1, -0.05) is 40.9 Å². The Kier molecular flexibility index (Phi) is 7.69. The van der Waals surface area contributed by atoms with Crippen LogP contribution in [0.15, 0.2) is 30.3 Å². The molecular weight excluding hydrogens is 433 g/mol. The predicted octanol–water partition coefficient (Wildman–Crippen LogP) is 5.85. The van der Waals surface area contributed by atoms with E-state index in [9.17, 15) is 4.79 Å². The minimum Gasteiger partial charge on any atom is -0.484 e. The van der Waals surface area contributed by atoms with Gasteiger partial charge < -0.3 is 14.4 Å². The van der Waals surface area contributed by atoms with Crippen molar-refractivity contribution in [3.8, 4) is 5.75 Å². The zero-order valence-corrected chi connectivity index (χ0v) is 18.8. The smallest absolute Gasteiger partial charge is 0.260 e. The predicted molar refractivity (Wildman–Crippen MR) is 117 cm³/mol. The molecular formula is C22H24Cl3NO3. The highest BCUT2D eigenvalue weighted by atomic mass is 35.5. The van der Waals surface area contributed by atoms with Gasteiger partial charge in [-0.3, -0.25) is 4.79 Å². The number of nitrogens with zero attached hydrogens (tertiary/aromatic N) is 1. The maximum Gasteiger partial charge on any atom is 0.260 e. The third-order valence-corrected chi connectivity index (χ3v) is 6.13. The highest BCUT2D eigenvalue weighted by Crippen LogP contribution is 2.26. The van der Waals surface area contributed by atoms with Crippen LogP contribution in [0.2, 0.25) is 15.1 Å². The van der Waals surface area contributed by atoms with Crippen molar-refractivity contribution in [1.82, 2.24) is 4.90 Å². The maximum absolute atomic E-state index is 13.0. The van der Waals surface area contributed by atoms with Gasteiger partial charge in [-0.05, 0) is 67.6 Å². The molecule has 1 heterocycles. The lowest BCUT2D eigenvalue weighted by Crippen LogP contribution is -2.39. The molecule has 0 N–H and O–H groups in total. The normalized spacial score (nSPS) is 16.1. The van der Waals surface area contributed by atoms with Gasteiger partial charge >= 0.3 is 0 Å². The standard InChI is InChI=1S/C22H24Cl3NO3/c1-14-8-19(9-15(2)22(14)25)29-13-21(27)26(12-18-4-3-7-28-18)11-16-5-6-17(23)10-20(16)24/h5-6,8-10,18H,3-4,7,11-13H2,1-2H3/t18-/m0/s1. The second-order valence-corrected chi connectivity index (χ2v) is 8.53. The summed E-state index contributed by atoms with van der Waals surface area (Å²) in [5, 5.41) is 1.81. The number of halogens is 3. The van der Waals surface area contributed by atoms with Gasteiger partial charge in [0.05, 0.1) is 6.10 Å². The zero-order valence-electron chi connectivity index (χ0n) is 16.5. The molecule has 2 aromatic carbocycles. The van der Waals surface area contributed by atoms with Gasteiger partial charge in [0, 0.05) is 34.8 Å². The first-order valence-corrected chi connectivity index (χ1v) is 10.7. The fraction of sp³-hybridized carbons (Fsp3) is 0.409. The monoisotopic (exact) mass is 455 g/mol. The quantitative estimate of drug-likeness (QED) is 0.524. The van der Waals surface area contributed by atoms with Crippen LogP contribution in [0.4, 0.5) is 0 Å². The van der Waals surface area contributed by atoms with Crippen molar-refractivity contribution in [3.05, 3.63) is 62.1 Å². The minimum atomic E-state index is -0.128. The molecule has 3 rings (SSSR count). The largest absolute Gasteiger partial charge is 0.484 e. The number of rotatable bonds is 7. The highest BCUT2D eigenvalue weighted by Gasteiger charge is 2.24. The van der Waals surface area contributed by atoms with E-state index in [1.165, 1.54) is 0 Å². The Balaban J connectivity index is 1.71. The molecule has 156 valence electrons. The van der Waals surface area contributed by atoms with E-state index < -0.39 is 0 Å². The summed E-state index contributed by atoms with van der Waals surface area (Å²) >= 11 is 18.5. The number of carbonyl (C=O) groups excluding carboxylic acids is 1. The Morgan fingerprint density at radius 3 is 2.52 bits per heavy atom. The Bertz CT molecular complexity index is 859. The molecule has 7 heteroatoms. The van der Waals surface area contributed by atoms with Gasteiger partial charge in [0.1, 0.15) is 5.75 Å². The van der Waals surface area contributed by atoms with Crippen LogP contribution < -0.4 is 4.74 Å². The van der Waals surface area contributed by atoms with Crippen LogP contribution in [0, 0.1) is 13.8 Å². The van der Waals surface area contributed by atoms with Crippen LogP contribution in [-0.2, 0) is 16.1 Å². The fourth-order valence-corrected chi connectivity index (χ4v) is 3.95. The summed E-state index contributed by atoms with van der Waals surface area (Å²) in [6.45, 7) is 5.36. The summed E-state index contributed by atoms with van der Waals surface area (Å²) in [4.78, 5) is 14.7. The van der Waals surface area contributed by atoms with Crippen molar-refractivity contribution in [2.45, 2.75) is 39.3 Å². The van der Waals surface area contributed by atoms with E-state index in [2.05, 4.69) is 0 Å². The van der Waals surface area contributed by atoms with E-state index in [0.717, 1.165) is 36.1 Å². The molecule has 0 bridgehead atoms. The molecule has 1 fully saturated rings. The zero-order chi connectivity index (χ0) is 21.0. The number of aryl methyl sites for hydroxylation is 2. The molecule has 0 aromatic heterocycles. The van der Waals surface area contributed by atoms with E-state index in [1.807, 2.05) is 32.0 Å². The Labute approximate surface area is 186 Å². The number of amides is 1. The van der Waals surface area contributed by atoms with E-state index in [0.29, 0.717) is 33.9 Å². The van der Waals surface area contributed by atoms with Crippen LogP contribution in [-0.4, -0.2) is 36.7 Å². The van der Waals surface area contributed by atoms with Crippen LogP contribution in [0.1, 0.15) is 29.5 Å². The molecule has 0 radical (unpaired) electrons. The van der Waals surface area contributed by atoms with Crippen LogP contribution in [0.5, 0.6) is 5.75 Å². The SMILES string of the molecule is Cc1cc(OCC(=O)N(Cc2ccc(Cl)cc2Cl)C[C@@H]2CCCO2)cc(C)c1Cl. The number of ether oxygens (including phenoxy) is 2. The van der Waals surface area contributed by atoms with E-state index in [1.54, 1.807) is 17.0 Å². The topological polar surface area (TPSA) is 38.8 Å². The van der Waals surface area contributed by atoms with E-state index >= 15 is 0 Å². The second kappa shape index (κ2) is 10.0. The van der Waals surface area contributed by atoms with Crippen molar-refractivity contribution >= 4 is 40.7 Å². The van der Waals surface area contributed by atoms with Gasteiger partial charge in [-0.25, -0.2) is 0 Å². The number of benzene rings is 2. The van der Waals surface area contributed by atoms with Crippen molar-refractivity contribution in [2.24, 2.45) is 0 Å². The van der Waals surface area contributed by atoms with Gasteiger partial charge in [0.2, 0.25) is 0 Å². The van der Waals surface area contributed by atoms with Gasteiger partial charge in [-0.2, -0.15) is 0 Å². The van der Waals surface area contributed by atoms with Gasteiger partial charge in [0.15, 0.2) is 6.61 Å². The van der Waals surface area contributed by atoms with Gasteiger partial charge in [-0.15, -0.1) is 0 Å². The number of hydrogen-bond acceptors (Lipinski definition) is 3. The lowest BCUT2D eigenvalue weighted by atomic mass is 10.1. The molecule has 1 aliphatic heterocycles. The van der Waals surface area contributed by atoms with Crippen molar-refractivity contribution < 1.29 is 14.3 Å². The molecule has 1 amide bonds. The molecule has 1 saturated heterocycles. The fourth-order valence-electron chi connectivity index (χ4n) is 3.37. The summed E-state index contributed by atoms with van der Waals surface area (Å²) in [5.74, 6) is 0.496. The second-order valence-electron chi connectivity index (χ2n) is 7.30. The first kappa shape index (κ1) is 22.2. The maximum atomic E-state index is 13.0. The summed E-state index contributed by atoms with van der Waals surface area (Å²) in [5.41, 5.74) is 2.66. The molecule has 0 unspecified atom stereocenters. The summed E-state index contributed by atoms with van der Waals surface area (Å²) in [6.07, 6.45) is 1.98. The Morgan fingerprint density at radius 1 is 1.17 bits per heavy atom. The molecule has 2 aromatic rings. The third-order valence-electron chi connectivity index (χ3n) is 4.95. The number of carbonyl (C=O) groups is 1. The lowest BCUT2D eigenvalue weighted by molar-refractivity contribution is -0.135. The average Bonchev–Trinajstić information content (AvgIpc) is 3.18. The Hall–Kier alpha value is -1.46. The van der Waals surface area contributed by atoms with Crippen LogP contribution in [0.3, 0.4) is 0 Å². The third kappa shape index (κ3) is 6.02. The van der Waals surface area contributed by atoms with Crippen molar-refractivity contribution in [2.75, 3.05) is 19.8 Å². The molecule has 29 heavy (non-hydrogen) atoms. The molecule has 0 saturated carbocycles. The lowest BCUT2D eigenvalue weighted by Gasteiger charge is -2.26. The molecule has 1 aliphatic rings. The summed E-state index contributed by atoms with van der Waals surface area (Å²) < 4.78 is 11.5. The molecule has 4 nitrogen and oxygen atoms in total. The van der Waals surface area contributed by atoms with Crippen molar-refractivity contribution in [1.29, 1.82) is 0 Å². The highest BCUT2D eigenvalue weighted by molar-refractivity contribution is 6.35. The first-order valence-electron chi connectivity index (χ1n) is 9.56. The molecule has 0 spiro atoms. The van der Waals surface area contributed by atoms with Crippen LogP contribution >= 0.6 is 34.8 Å². The first-order chi connectivity index (χ1) is 13.8. The van der Waals surface area contributed by atoms with Gasteiger partial charge in [0.25, 0.3) is 5.91 Å². The molecule has 0 aliphatic carbocycles. The number of hydrogen-bond donors (Lipinski definition) is 0. The minimum absolute atomic E-state index is 0.0325. The van der Waals surface area contributed by atoms with Crippen LogP contribution in [0.25, 0.3) is 0 Å². The van der Waals surface area contributed by atoms with Crippen molar-refractivity contribution in [3.63, 3.8) is 0 Å².